The molecule has 0 aliphatic carbocycles. The summed E-state index contributed by atoms with van der Waals surface area (Å²) >= 11 is 5.55. The van der Waals surface area contributed by atoms with Crippen molar-refractivity contribution in [2.45, 2.75) is 19.5 Å². The molecule has 0 spiro atoms. The lowest BCUT2D eigenvalue weighted by atomic mass is 10.3. The largest absolute Gasteiger partial charge is 0.405 e. The van der Waals surface area contributed by atoms with Gasteiger partial charge in [-0.1, -0.05) is 6.92 Å². The molecule has 1 aromatic rings. The molecule has 1 heterocycles. The highest BCUT2D eigenvalue weighted by Crippen LogP contribution is 2.25. The van der Waals surface area contributed by atoms with E-state index in [9.17, 15) is 13.2 Å². The first kappa shape index (κ1) is 13.8. The first-order valence-electron chi connectivity index (χ1n) is 4.93. The summed E-state index contributed by atoms with van der Waals surface area (Å²) in [6, 6.07) is 0. The van der Waals surface area contributed by atoms with Crippen molar-refractivity contribution in [1.29, 1.82) is 0 Å². The number of anilines is 2. The van der Waals surface area contributed by atoms with Crippen molar-refractivity contribution < 1.29 is 13.2 Å². The molecule has 96 valence electrons. The van der Waals surface area contributed by atoms with Gasteiger partial charge in [0, 0.05) is 6.54 Å². The number of nitrogens with zero attached hydrogens (tertiary/aromatic N) is 3. The van der Waals surface area contributed by atoms with E-state index in [0.29, 0.717) is 6.42 Å². The van der Waals surface area contributed by atoms with E-state index in [2.05, 4.69) is 9.97 Å². The Kier molecular flexibility index (Phi) is 4.39. The summed E-state index contributed by atoms with van der Waals surface area (Å²) in [4.78, 5) is 8.38. The number of nitrogens with two attached hydrogens (primary N) is 1. The van der Waals surface area contributed by atoms with Crippen LogP contribution in [0.25, 0.3) is 0 Å². The summed E-state index contributed by atoms with van der Waals surface area (Å²) in [5, 5.41) is -0.127. The maximum absolute atomic E-state index is 12.4. The smallest absolute Gasteiger partial charge is 0.394 e. The van der Waals surface area contributed by atoms with Crippen molar-refractivity contribution in [2.24, 2.45) is 0 Å². The second-order valence-electron chi connectivity index (χ2n) is 3.45. The van der Waals surface area contributed by atoms with Crippen molar-refractivity contribution in [2.75, 3.05) is 23.7 Å². The fourth-order valence-corrected chi connectivity index (χ4v) is 1.49. The predicted molar refractivity (Wildman–Crippen MR) is 60.0 cm³/mol. The van der Waals surface area contributed by atoms with Crippen LogP contribution in [0.1, 0.15) is 13.3 Å². The summed E-state index contributed by atoms with van der Waals surface area (Å²) in [5.74, 6) is 0.0178. The van der Waals surface area contributed by atoms with Crippen LogP contribution in [0, 0.1) is 0 Å². The van der Waals surface area contributed by atoms with Crippen LogP contribution in [-0.4, -0.2) is 29.2 Å². The second-order valence-corrected chi connectivity index (χ2v) is 3.79. The highest BCUT2D eigenvalue weighted by Gasteiger charge is 2.31. The molecule has 0 atom stereocenters. The molecule has 0 fully saturated rings. The summed E-state index contributed by atoms with van der Waals surface area (Å²) in [6.07, 6.45) is -2.58. The molecular weight excluding hydrogens is 257 g/mol. The molecule has 0 unspecified atom stereocenters. The standard InChI is InChI=1S/C9H12ClF3N4/c1-2-3-17(5-9(11,12)13)7-6(14)4-15-8(10)16-7/h4H,2-3,5,14H2,1H3. The van der Waals surface area contributed by atoms with Gasteiger partial charge in [-0.05, 0) is 18.0 Å². The van der Waals surface area contributed by atoms with Crippen LogP contribution in [0.5, 0.6) is 0 Å². The Morgan fingerprint density at radius 2 is 2.12 bits per heavy atom. The zero-order chi connectivity index (χ0) is 13.1. The van der Waals surface area contributed by atoms with Gasteiger partial charge in [0.25, 0.3) is 0 Å². The Bertz CT molecular complexity index is 383. The highest BCUT2D eigenvalue weighted by molar-refractivity contribution is 6.28. The van der Waals surface area contributed by atoms with Crippen LogP contribution in [0.4, 0.5) is 24.7 Å². The molecule has 0 saturated heterocycles. The summed E-state index contributed by atoms with van der Waals surface area (Å²) in [6.45, 7) is 0.845. The van der Waals surface area contributed by atoms with Gasteiger partial charge in [0.15, 0.2) is 5.82 Å². The Balaban J connectivity index is 3.00. The van der Waals surface area contributed by atoms with Crippen LogP contribution in [0.2, 0.25) is 5.28 Å². The molecule has 0 bridgehead atoms. The Morgan fingerprint density at radius 1 is 1.47 bits per heavy atom. The van der Waals surface area contributed by atoms with Gasteiger partial charge in [-0.3, -0.25) is 0 Å². The molecule has 0 saturated carbocycles. The average Bonchev–Trinajstić information content (AvgIpc) is 2.19. The summed E-state index contributed by atoms with van der Waals surface area (Å²) < 4.78 is 37.2. The SMILES string of the molecule is CCCN(CC(F)(F)F)c1nc(Cl)ncc1N. The Labute approximate surface area is 102 Å². The van der Waals surface area contributed by atoms with E-state index in [1.54, 1.807) is 6.92 Å². The van der Waals surface area contributed by atoms with Crippen LogP contribution in [0.3, 0.4) is 0 Å². The second kappa shape index (κ2) is 5.39. The van der Waals surface area contributed by atoms with E-state index in [0.717, 1.165) is 4.90 Å². The lowest BCUT2D eigenvalue weighted by Crippen LogP contribution is -2.36. The number of hydrogen-bond donors (Lipinski definition) is 1. The third kappa shape index (κ3) is 4.26. The fourth-order valence-electron chi connectivity index (χ4n) is 1.36. The van der Waals surface area contributed by atoms with Gasteiger partial charge in [-0.2, -0.15) is 18.2 Å². The molecular formula is C9H12ClF3N4. The van der Waals surface area contributed by atoms with Crippen molar-refractivity contribution in [3.63, 3.8) is 0 Å². The van der Waals surface area contributed by atoms with E-state index in [1.165, 1.54) is 6.20 Å². The number of rotatable bonds is 4. The van der Waals surface area contributed by atoms with Crippen LogP contribution < -0.4 is 10.6 Å². The highest BCUT2D eigenvalue weighted by atomic mass is 35.5. The predicted octanol–water partition coefficient (Wildman–Crippen LogP) is 2.49. The molecule has 0 aliphatic heterocycles. The van der Waals surface area contributed by atoms with Crippen molar-refractivity contribution in [3.8, 4) is 0 Å². The number of nitrogen functional groups attached to an aromatic ring is 1. The van der Waals surface area contributed by atoms with Gasteiger partial charge in [-0.25, -0.2) is 4.98 Å². The zero-order valence-electron chi connectivity index (χ0n) is 9.13. The molecule has 2 N–H and O–H groups in total. The van der Waals surface area contributed by atoms with E-state index >= 15 is 0 Å². The van der Waals surface area contributed by atoms with Crippen molar-refractivity contribution >= 4 is 23.1 Å². The van der Waals surface area contributed by atoms with Gasteiger partial charge in [0.05, 0.1) is 11.9 Å². The quantitative estimate of drug-likeness (QED) is 0.853. The van der Waals surface area contributed by atoms with Gasteiger partial charge in [0.2, 0.25) is 5.28 Å². The van der Waals surface area contributed by atoms with Gasteiger partial charge < -0.3 is 10.6 Å². The van der Waals surface area contributed by atoms with Gasteiger partial charge in [-0.15, -0.1) is 0 Å². The minimum atomic E-state index is -4.32. The van der Waals surface area contributed by atoms with Crippen molar-refractivity contribution in [1.82, 2.24) is 9.97 Å². The Morgan fingerprint density at radius 3 is 2.65 bits per heavy atom. The van der Waals surface area contributed by atoms with Crippen LogP contribution in [-0.2, 0) is 0 Å². The molecule has 1 rings (SSSR count). The number of aromatic nitrogens is 2. The summed E-state index contributed by atoms with van der Waals surface area (Å²) in [5.41, 5.74) is 5.62. The molecule has 0 aromatic carbocycles. The molecule has 8 heteroatoms. The minimum absolute atomic E-state index is 0.0178. The van der Waals surface area contributed by atoms with Gasteiger partial charge >= 0.3 is 6.18 Å². The summed E-state index contributed by atoms with van der Waals surface area (Å²) in [7, 11) is 0. The third-order valence-corrected chi connectivity index (χ3v) is 2.11. The molecule has 0 radical (unpaired) electrons. The molecule has 0 amide bonds. The number of alkyl halides is 3. The van der Waals surface area contributed by atoms with Crippen LogP contribution in [0.15, 0.2) is 6.20 Å². The lowest BCUT2D eigenvalue weighted by Gasteiger charge is -2.25. The van der Waals surface area contributed by atoms with Gasteiger partial charge in [0.1, 0.15) is 6.54 Å². The normalized spacial score (nSPS) is 11.6. The van der Waals surface area contributed by atoms with Crippen LogP contribution >= 0.6 is 11.6 Å². The maximum Gasteiger partial charge on any atom is 0.405 e. The number of hydrogen-bond acceptors (Lipinski definition) is 4. The number of halogens is 4. The zero-order valence-corrected chi connectivity index (χ0v) is 9.89. The first-order chi connectivity index (χ1) is 7.83. The molecule has 17 heavy (non-hydrogen) atoms. The fraction of sp³-hybridized carbons (Fsp3) is 0.556. The molecule has 1 aromatic heterocycles. The monoisotopic (exact) mass is 268 g/mol. The average molecular weight is 269 g/mol. The molecule has 4 nitrogen and oxygen atoms in total. The topological polar surface area (TPSA) is 55.0 Å². The Hall–Kier alpha value is -1.24. The minimum Gasteiger partial charge on any atom is -0.394 e. The lowest BCUT2D eigenvalue weighted by molar-refractivity contribution is -0.119. The van der Waals surface area contributed by atoms with E-state index in [4.69, 9.17) is 17.3 Å². The van der Waals surface area contributed by atoms with E-state index < -0.39 is 12.7 Å². The molecule has 0 aliphatic rings. The van der Waals surface area contributed by atoms with E-state index in [1.807, 2.05) is 0 Å². The van der Waals surface area contributed by atoms with E-state index in [-0.39, 0.29) is 23.3 Å². The third-order valence-electron chi connectivity index (χ3n) is 1.93. The van der Waals surface area contributed by atoms with Crippen molar-refractivity contribution in [3.05, 3.63) is 11.5 Å². The first-order valence-corrected chi connectivity index (χ1v) is 5.31. The maximum atomic E-state index is 12.4.